The molecule has 0 spiro atoms. The summed E-state index contributed by atoms with van der Waals surface area (Å²) in [5.41, 5.74) is -3.56. The van der Waals surface area contributed by atoms with E-state index in [1.165, 1.54) is 14.0 Å². The van der Waals surface area contributed by atoms with E-state index in [1.807, 2.05) is 34.7 Å². The highest BCUT2D eigenvalue weighted by molar-refractivity contribution is 5.93. The first kappa shape index (κ1) is 54.3. The van der Waals surface area contributed by atoms with Gasteiger partial charge in [0.05, 0.1) is 60.4 Å². The minimum absolute atomic E-state index is 0.0167. The Hall–Kier alpha value is -2.32. The number of methoxy groups -OCH3 is 1. The third-order valence-corrected chi connectivity index (χ3v) is 14.6. The molecule has 16 nitrogen and oxygen atoms in total. The Morgan fingerprint density at radius 3 is 2.11 bits per heavy atom. The smallest absolute Gasteiger partial charge is 0.311 e. The molecule has 0 aliphatic carbocycles. The monoisotopic (exact) mass is 911 g/mol. The van der Waals surface area contributed by atoms with Gasteiger partial charge in [0, 0.05) is 50.1 Å². The molecule has 0 aromatic heterocycles. The molecule has 0 unspecified atom stereocenters. The standard InChI is InChI=1S/C48H82N2O14/c1-16-35-48(12,57)40(52)28(6)38(59-24-32-17-19-33(20-18-32)43(54)49-13)26(4)22-46(10,56)42(64-45-37(51)34(21-27(5)60-45)50(14)25(2)3)29(7)39(30(8)44(55)62-35)63-36-23-47(11,58-15)41(53)31(9)61-36/h17-20,25-31,34-42,45,51-53,56-57H,16,21-24H2,1-15H3,(H,49,54)/t26-,27-,28+,29+,30-,31+,34+,35-,36+,37-,38+,39+,40-,41+,42-,45+,46-,47-,48-/m1/s1. The van der Waals surface area contributed by atoms with Gasteiger partial charge in [-0.25, -0.2) is 0 Å². The molecule has 19 atom stereocenters. The van der Waals surface area contributed by atoms with E-state index < -0.39 is 108 Å². The van der Waals surface area contributed by atoms with Crippen LogP contribution in [0.15, 0.2) is 24.3 Å². The number of esters is 1. The molecule has 4 rings (SSSR count). The van der Waals surface area contributed by atoms with Crippen molar-refractivity contribution in [2.45, 2.75) is 212 Å². The predicted octanol–water partition coefficient (Wildman–Crippen LogP) is 3.94. The van der Waals surface area contributed by atoms with E-state index in [0.717, 1.165) is 5.56 Å². The molecule has 64 heavy (non-hydrogen) atoms. The molecule has 0 radical (unpaired) electrons. The van der Waals surface area contributed by atoms with Crippen molar-refractivity contribution < 1.29 is 68.3 Å². The number of benzene rings is 1. The second-order valence-electron chi connectivity index (χ2n) is 20.1. The van der Waals surface area contributed by atoms with Crippen LogP contribution < -0.4 is 5.32 Å². The summed E-state index contributed by atoms with van der Waals surface area (Å²) in [6, 6.07) is 6.68. The van der Waals surface area contributed by atoms with Gasteiger partial charge in [0.2, 0.25) is 0 Å². The number of hydrogen-bond donors (Lipinski definition) is 6. The normalized spacial score (nSPS) is 43.1. The number of nitrogens with zero attached hydrogens (tertiary/aromatic N) is 1. The number of likely N-dealkylation sites (N-methyl/N-ethyl adjacent to an activating group) is 1. The van der Waals surface area contributed by atoms with Crippen molar-refractivity contribution >= 4 is 11.9 Å². The van der Waals surface area contributed by atoms with Crippen LogP contribution >= 0.6 is 0 Å². The Morgan fingerprint density at radius 2 is 1.55 bits per heavy atom. The van der Waals surface area contributed by atoms with Gasteiger partial charge in [-0.2, -0.15) is 0 Å². The van der Waals surface area contributed by atoms with Crippen molar-refractivity contribution in [3.63, 3.8) is 0 Å². The lowest BCUT2D eigenvalue weighted by atomic mass is 9.73. The molecule has 1 aromatic rings. The molecule has 3 aliphatic rings. The van der Waals surface area contributed by atoms with E-state index in [0.29, 0.717) is 12.0 Å². The van der Waals surface area contributed by atoms with Gasteiger partial charge in [0.1, 0.15) is 23.9 Å². The van der Waals surface area contributed by atoms with Crippen LogP contribution in [-0.2, 0) is 44.6 Å². The summed E-state index contributed by atoms with van der Waals surface area (Å²) in [5.74, 6) is -4.19. The maximum atomic E-state index is 14.5. The number of aliphatic hydroxyl groups is 5. The van der Waals surface area contributed by atoms with E-state index in [2.05, 4.69) is 10.2 Å². The molecule has 1 amide bonds. The van der Waals surface area contributed by atoms with Crippen LogP contribution in [-0.4, -0.2) is 160 Å². The first-order valence-electron chi connectivity index (χ1n) is 23.2. The third-order valence-electron chi connectivity index (χ3n) is 14.6. The molecular weight excluding hydrogens is 829 g/mol. The molecule has 1 aromatic carbocycles. The quantitative estimate of drug-likeness (QED) is 0.164. The number of aliphatic hydroxyl groups excluding tert-OH is 3. The Balaban J connectivity index is 1.86. The van der Waals surface area contributed by atoms with Gasteiger partial charge in [0.25, 0.3) is 5.91 Å². The van der Waals surface area contributed by atoms with Crippen molar-refractivity contribution in [1.82, 2.24) is 10.2 Å². The summed E-state index contributed by atoms with van der Waals surface area (Å²) in [7, 11) is 4.99. The van der Waals surface area contributed by atoms with Gasteiger partial charge in [-0.05, 0) is 105 Å². The molecule has 16 heteroatoms. The van der Waals surface area contributed by atoms with E-state index in [9.17, 15) is 35.1 Å². The predicted molar refractivity (Wildman–Crippen MR) is 239 cm³/mol. The lowest BCUT2D eigenvalue weighted by molar-refractivity contribution is -0.319. The van der Waals surface area contributed by atoms with E-state index in [4.69, 9.17) is 33.2 Å². The third kappa shape index (κ3) is 12.2. The summed E-state index contributed by atoms with van der Waals surface area (Å²) in [6.45, 7) is 21.4. The molecule has 3 heterocycles. The Bertz CT molecular complexity index is 1650. The summed E-state index contributed by atoms with van der Waals surface area (Å²) in [5, 5.41) is 62.9. The molecule has 0 saturated carbocycles. The minimum Gasteiger partial charge on any atom is -0.459 e. The fourth-order valence-electron chi connectivity index (χ4n) is 10.3. The molecule has 6 N–H and O–H groups in total. The van der Waals surface area contributed by atoms with Crippen LogP contribution in [0.3, 0.4) is 0 Å². The zero-order valence-electron chi connectivity index (χ0n) is 41.0. The Morgan fingerprint density at radius 1 is 0.922 bits per heavy atom. The summed E-state index contributed by atoms with van der Waals surface area (Å²) >= 11 is 0. The van der Waals surface area contributed by atoms with Crippen molar-refractivity contribution in [2.75, 3.05) is 21.2 Å². The molecule has 368 valence electrons. The number of nitrogens with one attached hydrogen (secondary N) is 1. The number of cyclic esters (lactones) is 1. The van der Waals surface area contributed by atoms with Crippen molar-refractivity contribution in [2.24, 2.45) is 23.7 Å². The van der Waals surface area contributed by atoms with Crippen molar-refractivity contribution in [3.05, 3.63) is 35.4 Å². The van der Waals surface area contributed by atoms with Gasteiger partial charge in [0.15, 0.2) is 12.6 Å². The van der Waals surface area contributed by atoms with Crippen LogP contribution in [0.2, 0.25) is 0 Å². The summed E-state index contributed by atoms with van der Waals surface area (Å²) in [6.07, 6.45) is -10.3. The van der Waals surface area contributed by atoms with Gasteiger partial charge < -0.3 is 64.0 Å². The molecule has 3 aliphatic heterocycles. The zero-order valence-corrected chi connectivity index (χ0v) is 41.0. The molecular formula is C48H82N2O14. The second-order valence-corrected chi connectivity index (χ2v) is 20.1. The highest BCUT2D eigenvalue weighted by Gasteiger charge is 2.54. The lowest BCUT2D eigenvalue weighted by Gasteiger charge is -2.50. The lowest BCUT2D eigenvalue weighted by Crippen LogP contribution is -2.62. The van der Waals surface area contributed by atoms with E-state index in [1.54, 1.807) is 79.8 Å². The van der Waals surface area contributed by atoms with Crippen LogP contribution in [0.1, 0.15) is 125 Å². The average molecular weight is 911 g/mol. The number of hydrogen-bond acceptors (Lipinski definition) is 15. The van der Waals surface area contributed by atoms with Crippen molar-refractivity contribution in [1.29, 1.82) is 0 Å². The van der Waals surface area contributed by atoms with Crippen LogP contribution in [0.5, 0.6) is 0 Å². The molecule has 3 saturated heterocycles. The molecule has 3 fully saturated rings. The minimum atomic E-state index is -1.95. The topological polar surface area (TPSA) is 215 Å². The zero-order chi connectivity index (χ0) is 48.2. The first-order chi connectivity index (χ1) is 29.7. The highest BCUT2D eigenvalue weighted by Crippen LogP contribution is 2.42. The number of rotatable bonds is 12. The van der Waals surface area contributed by atoms with Gasteiger partial charge in [-0.3, -0.25) is 14.5 Å². The van der Waals surface area contributed by atoms with Crippen LogP contribution in [0, 0.1) is 23.7 Å². The van der Waals surface area contributed by atoms with E-state index in [-0.39, 0.29) is 50.0 Å². The maximum absolute atomic E-state index is 14.5. The second kappa shape index (κ2) is 22.2. The maximum Gasteiger partial charge on any atom is 0.311 e. The van der Waals surface area contributed by atoms with Crippen molar-refractivity contribution in [3.8, 4) is 0 Å². The Labute approximate surface area is 381 Å². The average Bonchev–Trinajstić information content (AvgIpc) is 3.24. The summed E-state index contributed by atoms with van der Waals surface area (Å²) in [4.78, 5) is 28.8. The van der Waals surface area contributed by atoms with Gasteiger partial charge in [-0.15, -0.1) is 0 Å². The number of ether oxygens (including phenoxy) is 7. The first-order valence-corrected chi connectivity index (χ1v) is 23.2. The number of carbonyl (C=O) groups is 2. The molecule has 0 bridgehead atoms. The Kier molecular flexibility index (Phi) is 18.8. The SMILES string of the molecule is CC[C@H]1OC(=O)[C@H](C)[C@@H](O[C@H]2C[C@@](C)(OC)[C@@H](O)[C@H](C)O2)[C@H](C)[C@@H](O[C@@H]2O[C@H](C)C[C@H](N(C)C(C)C)[C@H]2O)[C@](C)(O)C[C@@H](C)[C@H](OCc2ccc(C(=O)NC)cc2)[C@H](C)[C@@H](O)[C@]1(C)O. The number of amides is 1. The highest BCUT2D eigenvalue weighted by atomic mass is 16.7. The van der Waals surface area contributed by atoms with E-state index >= 15 is 0 Å². The van der Waals surface area contributed by atoms with Crippen LogP contribution in [0.4, 0.5) is 0 Å². The fraction of sp³-hybridized carbons (Fsp3) is 0.833. The fourth-order valence-corrected chi connectivity index (χ4v) is 10.3. The van der Waals surface area contributed by atoms with Gasteiger partial charge in [-0.1, -0.05) is 39.8 Å². The summed E-state index contributed by atoms with van der Waals surface area (Å²) < 4.78 is 44.8. The number of carbonyl (C=O) groups excluding carboxylic acids is 2. The largest absolute Gasteiger partial charge is 0.459 e. The van der Waals surface area contributed by atoms with Crippen LogP contribution in [0.25, 0.3) is 0 Å². The van der Waals surface area contributed by atoms with Gasteiger partial charge >= 0.3 is 5.97 Å².